The highest BCUT2D eigenvalue weighted by atomic mass is 16.4. The van der Waals surface area contributed by atoms with Gasteiger partial charge in [-0.15, -0.1) is 0 Å². The van der Waals surface area contributed by atoms with Crippen molar-refractivity contribution in [3.8, 4) is 0 Å². The Labute approximate surface area is 81.1 Å². The SMILES string of the molecule is N[C@@H](CCNC(=O)[C@@H](N)CO)C(=O)O. The molecule has 0 aromatic carbocycles. The molecule has 0 saturated heterocycles. The van der Waals surface area contributed by atoms with Crippen molar-refractivity contribution >= 4 is 11.9 Å². The molecule has 82 valence electrons. The summed E-state index contributed by atoms with van der Waals surface area (Å²) in [6.45, 7) is -0.323. The van der Waals surface area contributed by atoms with Crippen LogP contribution in [0.2, 0.25) is 0 Å². The van der Waals surface area contributed by atoms with Gasteiger partial charge in [0.1, 0.15) is 12.1 Å². The van der Waals surface area contributed by atoms with Crippen molar-refractivity contribution < 1.29 is 19.8 Å². The molecule has 7 N–H and O–H groups in total. The van der Waals surface area contributed by atoms with Crippen molar-refractivity contribution in [1.82, 2.24) is 5.32 Å². The molecule has 2 atom stereocenters. The van der Waals surface area contributed by atoms with E-state index in [9.17, 15) is 9.59 Å². The van der Waals surface area contributed by atoms with Gasteiger partial charge in [-0.1, -0.05) is 0 Å². The van der Waals surface area contributed by atoms with Gasteiger partial charge in [0.25, 0.3) is 0 Å². The van der Waals surface area contributed by atoms with E-state index in [1.807, 2.05) is 0 Å². The molecule has 0 bridgehead atoms. The second-order valence-corrected chi connectivity index (χ2v) is 2.81. The van der Waals surface area contributed by atoms with Gasteiger partial charge < -0.3 is 27.0 Å². The molecule has 0 radical (unpaired) electrons. The highest BCUT2D eigenvalue weighted by Crippen LogP contribution is 1.86. The summed E-state index contributed by atoms with van der Waals surface area (Å²) in [6.07, 6.45) is 0.124. The summed E-state index contributed by atoms with van der Waals surface area (Å²) in [5.41, 5.74) is 10.4. The van der Waals surface area contributed by atoms with Crippen molar-refractivity contribution in [3.63, 3.8) is 0 Å². The zero-order valence-electron chi connectivity index (χ0n) is 7.64. The average Bonchev–Trinajstić information content (AvgIpc) is 2.15. The van der Waals surface area contributed by atoms with Crippen molar-refractivity contribution in [1.29, 1.82) is 0 Å². The normalized spacial score (nSPS) is 14.5. The minimum Gasteiger partial charge on any atom is -0.480 e. The van der Waals surface area contributed by atoms with Crippen LogP contribution in [-0.4, -0.2) is 47.3 Å². The van der Waals surface area contributed by atoms with Gasteiger partial charge in [-0.2, -0.15) is 0 Å². The van der Waals surface area contributed by atoms with Gasteiger partial charge >= 0.3 is 5.97 Å². The number of hydrogen-bond donors (Lipinski definition) is 5. The number of carbonyl (C=O) groups is 2. The number of nitrogens with two attached hydrogens (primary N) is 2. The highest BCUT2D eigenvalue weighted by molar-refractivity contribution is 5.81. The van der Waals surface area contributed by atoms with E-state index in [-0.39, 0.29) is 13.0 Å². The van der Waals surface area contributed by atoms with Crippen LogP contribution >= 0.6 is 0 Å². The van der Waals surface area contributed by atoms with E-state index in [1.54, 1.807) is 0 Å². The molecule has 0 aliphatic rings. The van der Waals surface area contributed by atoms with Gasteiger partial charge in [0, 0.05) is 6.54 Å². The van der Waals surface area contributed by atoms with Crippen LogP contribution in [0, 0.1) is 0 Å². The number of aliphatic carboxylic acids is 1. The topological polar surface area (TPSA) is 139 Å². The molecule has 0 aliphatic carbocycles. The third-order valence-corrected chi connectivity index (χ3v) is 1.61. The first-order valence-electron chi connectivity index (χ1n) is 4.11. The summed E-state index contributed by atoms with van der Waals surface area (Å²) in [7, 11) is 0. The van der Waals surface area contributed by atoms with Gasteiger partial charge in [0.15, 0.2) is 0 Å². The number of carboxylic acids is 1. The lowest BCUT2D eigenvalue weighted by atomic mass is 10.2. The lowest BCUT2D eigenvalue weighted by Crippen LogP contribution is -2.44. The Kier molecular flexibility index (Phi) is 5.77. The third-order valence-electron chi connectivity index (χ3n) is 1.61. The van der Waals surface area contributed by atoms with E-state index in [1.165, 1.54) is 0 Å². The predicted octanol–water partition coefficient (Wildman–Crippen LogP) is -2.78. The second kappa shape index (κ2) is 6.30. The first-order valence-corrected chi connectivity index (χ1v) is 4.11. The highest BCUT2D eigenvalue weighted by Gasteiger charge is 2.14. The Hall–Kier alpha value is -1.18. The van der Waals surface area contributed by atoms with Crippen LogP contribution < -0.4 is 16.8 Å². The molecule has 0 fully saturated rings. The number of aliphatic hydroxyl groups is 1. The summed E-state index contributed by atoms with van der Waals surface area (Å²) in [5.74, 6) is -1.64. The monoisotopic (exact) mass is 205 g/mol. The standard InChI is InChI=1S/C7H15N3O4/c8-4(7(13)14)1-2-10-6(12)5(9)3-11/h4-5,11H,1-3,8-9H2,(H,10,12)(H,13,14)/t4-,5-/m0/s1. The van der Waals surface area contributed by atoms with Crippen molar-refractivity contribution in [2.45, 2.75) is 18.5 Å². The van der Waals surface area contributed by atoms with Gasteiger partial charge in [0.05, 0.1) is 6.61 Å². The Balaban J connectivity index is 3.64. The molecule has 0 rings (SSSR count). The molecule has 0 aromatic heterocycles. The summed E-state index contributed by atoms with van der Waals surface area (Å²) in [6, 6.07) is -1.98. The molecule has 0 unspecified atom stereocenters. The van der Waals surface area contributed by atoms with Crippen molar-refractivity contribution in [2.24, 2.45) is 11.5 Å². The zero-order chi connectivity index (χ0) is 11.1. The van der Waals surface area contributed by atoms with Crippen LogP contribution in [0.5, 0.6) is 0 Å². The molecule has 1 amide bonds. The summed E-state index contributed by atoms with van der Waals surface area (Å²) in [5, 5.41) is 19.2. The molecule has 0 aliphatic heterocycles. The number of aliphatic hydroxyl groups excluding tert-OH is 1. The number of amides is 1. The molecule has 7 heteroatoms. The first-order chi connectivity index (χ1) is 6.49. The summed E-state index contributed by atoms with van der Waals surface area (Å²) < 4.78 is 0. The number of rotatable bonds is 6. The van der Waals surface area contributed by atoms with Crippen LogP contribution in [0.1, 0.15) is 6.42 Å². The minimum atomic E-state index is -1.12. The molecule has 0 saturated carbocycles. The van der Waals surface area contributed by atoms with Crippen LogP contribution in [0.3, 0.4) is 0 Å². The number of hydrogen-bond acceptors (Lipinski definition) is 5. The van der Waals surface area contributed by atoms with Gasteiger partial charge in [0.2, 0.25) is 5.91 Å². The summed E-state index contributed by atoms with van der Waals surface area (Å²) >= 11 is 0. The van der Waals surface area contributed by atoms with E-state index < -0.39 is 30.6 Å². The zero-order valence-corrected chi connectivity index (χ0v) is 7.64. The van der Waals surface area contributed by atoms with Gasteiger partial charge in [-0.3, -0.25) is 9.59 Å². The molecular formula is C7H15N3O4. The van der Waals surface area contributed by atoms with E-state index >= 15 is 0 Å². The largest absolute Gasteiger partial charge is 0.480 e. The van der Waals surface area contributed by atoms with Crippen molar-refractivity contribution in [2.75, 3.05) is 13.2 Å². The molecule has 0 spiro atoms. The smallest absolute Gasteiger partial charge is 0.320 e. The van der Waals surface area contributed by atoms with E-state index in [4.69, 9.17) is 21.7 Å². The maximum absolute atomic E-state index is 10.9. The fourth-order valence-electron chi connectivity index (χ4n) is 0.688. The van der Waals surface area contributed by atoms with E-state index in [2.05, 4.69) is 5.32 Å². The number of carbonyl (C=O) groups excluding carboxylic acids is 1. The Bertz CT molecular complexity index is 209. The Morgan fingerprint density at radius 3 is 2.29 bits per heavy atom. The van der Waals surface area contributed by atoms with Crippen LogP contribution in [0.15, 0.2) is 0 Å². The maximum Gasteiger partial charge on any atom is 0.320 e. The predicted molar refractivity (Wildman–Crippen MR) is 48.3 cm³/mol. The lowest BCUT2D eigenvalue weighted by molar-refractivity contribution is -0.138. The van der Waals surface area contributed by atoms with Gasteiger partial charge in [-0.05, 0) is 6.42 Å². The summed E-state index contributed by atoms with van der Waals surface area (Å²) in [4.78, 5) is 21.2. The molecular weight excluding hydrogens is 190 g/mol. The lowest BCUT2D eigenvalue weighted by Gasteiger charge is -2.10. The fraction of sp³-hybridized carbons (Fsp3) is 0.714. The molecule has 7 nitrogen and oxygen atoms in total. The molecule has 14 heavy (non-hydrogen) atoms. The average molecular weight is 205 g/mol. The third kappa shape index (κ3) is 4.75. The number of carboxylic acid groups (broad SMARTS) is 1. The second-order valence-electron chi connectivity index (χ2n) is 2.81. The molecule has 0 heterocycles. The molecule has 0 aromatic rings. The van der Waals surface area contributed by atoms with E-state index in [0.29, 0.717) is 0 Å². The fourth-order valence-corrected chi connectivity index (χ4v) is 0.688. The van der Waals surface area contributed by atoms with Gasteiger partial charge in [-0.25, -0.2) is 0 Å². The van der Waals surface area contributed by atoms with E-state index in [0.717, 1.165) is 0 Å². The quantitative estimate of drug-likeness (QED) is 0.318. The maximum atomic E-state index is 10.9. The Morgan fingerprint density at radius 2 is 1.86 bits per heavy atom. The number of nitrogens with one attached hydrogen (secondary N) is 1. The van der Waals surface area contributed by atoms with Crippen LogP contribution in [0.25, 0.3) is 0 Å². The van der Waals surface area contributed by atoms with Crippen LogP contribution in [-0.2, 0) is 9.59 Å². The minimum absolute atomic E-state index is 0.124. The van der Waals surface area contributed by atoms with Crippen molar-refractivity contribution in [3.05, 3.63) is 0 Å². The van der Waals surface area contributed by atoms with Crippen LogP contribution in [0.4, 0.5) is 0 Å². The first kappa shape index (κ1) is 12.8. The Morgan fingerprint density at radius 1 is 1.29 bits per heavy atom.